The molecule has 0 fully saturated rings. The molecule has 0 radical (unpaired) electrons. The van der Waals surface area contributed by atoms with Crippen molar-refractivity contribution in [2.24, 2.45) is 0 Å². The van der Waals surface area contributed by atoms with Crippen LogP contribution in [0.3, 0.4) is 0 Å². The predicted octanol–water partition coefficient (Wildman–Crippen LogP) is 5.28. The van der Waals surface area contributed by atoms with Crippen molar-refractivity contribution in [1.82, 2.24) is 9.78 Å². The predicted molar refractivity (Wildman–Crippen MR) is 105 cm³/mol. The van der Waals surface area contributed by atoms with Gasteiger partial charge < -0.3 is 5.32 Å². The van der Waals surface area contributed by atoms with E-state index >= 15 is 0 Å². The summed E-state index contributed by atoms with van der Waals surface area (Å²) in [5.74, 6) is 0. The highest BCUT2D eigenvalue weighted by atomic mass is 15.3. The minimum atomic E-state index is 0.796. The van der Waals surface area contributed by atoms with Crippen molar-refractivity contribution in [3.8, 4) is 0 Å². The van der Waals surface area contributed by atoms with Gasteiger partial charge in [0, 0.05) is 24.0 Å². The van der Waals surface area contributed by atoms with Gasteiger partial charge >= 0.3 is 0 Å². The van der Waals surface area contributed by atoms with Crippen molar-refractivity contribution >= 4 is 5.69 Å². The number of nitrogens with zero attached hydrogens (tertiary/aromatic N) is 2. The average molecular weight is 333 g/mol. The Bertz CT molecular complexity index is 744. The summed E-state index contributed by atoms with van der Waals surface area (Å²) in [4.78, 5) is 0. The van der Waals surface area contributed by atoms with Crippen LogP contribution in [0.5, 0.6) is 0 Å². The number of aromatic nitrogens is 2. The zero-order valence-corrected chi connectivity index (χ0v) is 15.0. The quantitative estimate of drug-likeness (QED) is 0.540. The van der Waals surface area contributed by atoms with Gasteiger partial charge in [-0.3, -0.25) is 4.68 Å². The summed E-state index contributed by atoms with van der Waals surface area (Å²) in [7, 11) is 0. The fraction of sp³-hybridized carbons (Fsp3) is 0.318. The summed E-state index contributed by atoms with van der Waals surface area (Å²) < 4.78 is 1.99. The normalized spacial score (nSPS) is 10.8. The number of anilines is 1. The number of hydrogen-bond acceptors (Lipinski definition) is 2. The van der Waals surface area contributed by atoms with Crippen molar-refractivity contribution < 1.29 is 0 Å². The molecule has 1 N–H and O–H groups in total. The zero-order chi connectivity index (χ0) is 17.3. The molecule has 3 nitrogen and oxygen atoms in total. The molecule has 1 aromatic heterocycles. The van der Waals surface area contributed by atoms with E-state index in [1.54, 1.807) is 0 Å². The third-order valence-corrected chi connectivity index (χ3v) is 4.39. The maximum Gasteiger partial charge on any atom is 0.0659 e. The summed E-state index contributed by atoms with van der Waals surface area (Å²) in [5, 5.41) is 7.94. The molecule has 1 heterocycles. The number of nitrogens with one attached hydrogen (secondary N) is 1. The maximum atomic E-state index is 4.46. The van der Waals surface area contributed by atoms with E-state index in [0.29, 0.717) is 0 Å². The second kappa shape index (κ2) is 9.07. The maximum absolute atomic E-state index is 4.46. The van der Waals surface area contributed by atoms with Crippen LogP contribution in [0.4, 0.5) is 5.69 Å². The van der Waals surface area contributed by atoms with E-state index in [2.05, 4.69) is 72.1 Å². The van der Waals surface area contributed by atoms with Gasteiger partial charge in [0.15, 0.2) is 0 Å². The molecule has 0 atom stereocenters. The largest absolute Gasteiger partial charge is 0.381 e. The van der Waals surface area contributed by atoms with E-state index in [4.69, 9.17) is 0 Å². The molecule has 0 aliphatic carbocycles. The third kappa shape index (κ3) is 5.49. The molecular formula is C22H27N3. The van der Waals surface area contributed by atoms with Crippen LogP contribution in [0.15, 0.2) is 67.0 Å². The third-order valence-electron chi connectivity index (χ3n) is 4.39. The molecule has 0 saturated carbocycles. The van der Waals surface area contributed by atoms with Gasteiger partial charge in [-0.05, 0) is 36.1 Å². The van der Waals surface area contributed by atoms with Crippen LogP contribution < -0.4 is 5.32 Å². The Hall–Kier alpha value is -2.55. The van der Waals surface area contributed by atoms with Gasteiger partial charge in [-0.25, -0.2) is 0 Å². The van der Waals surface area contributed by atoms with E-state index in [-0.39, 0.29) is 0 Å². The smallest absolute Gasteiger partial charge is 0.0659 e. The van der Waals surface area contributed by atoms with Crippen molar-refractivity contribution in [2.75, 3.05) is 5.32 Å². The molecule has 130 valence electrons. The summed E-state index contributed by atoms with van der Waals surface area (Å²) in [6.45, 7) is 3.85. The van der Waals surface area contributed by atoms with Crippen LogP contribution >= 0.6 is 0 Å². The van der Waals surface area contributed by atoms with E-state index in [1.165, 1.54) is 42.4 Å². The molecule has 0 amide bonds. The topological polar surface area (TPSA) is 29.9 Å². The van der Waals surface area contributed by atoms with Gasteiger partial charge in [0.05, 0.1) is 12.7 Å². The highest BCUT2D eigenvalue weighted by Crippen LogP contribution is 2.13. The second-order valence-corrected chi connectivity index (χ2v) is 6.54. The van der Waals surface area contributed by atoms with Crippen molar-refractivity contribution in [1.29, 1.82) is 0 Å². The molecule has 0 aliphatic rings. The summed E-state index contributed by atoms with van der Waals surface area (Å²) in [6.07, 6.45) is 9.10. The summed E-state index contributed by atoms with van der Waals surface area (Å²) in [6, 6.07) is 19.2. The van der Waals surface area contributed by atoms with E-state index in [9.17, 15) is 0 Å². The molecule has 25 heavy (non-hydrogen) atoms. The summed E-state index contributed by atoms with van der Waals surface area (Å²) >= 11 is 0. The lowest BCUT2D eigenvalue weighted by Gasteiger charge is -2.06. The highest BCUT2D eigenvalue weighted by Gasteiger charge is 2.01. The van der Waals surface area contributed by atoms with E-state index in [0.717, 1.165) is 18.8 Å². The Balaban J connectivity index is 1.48. The molecule has 0 aliphatic heterocycles. The van der Waals surface area contributed by atoms with Crippen LogP contribution in [-0.4, -0.2) is 9.78 Å². The van der Waals surface area contributed by atoms with Crippen molar-refractivity contribution in [3.63, 3.8) is 0 Å². The number of benzene rings is 2. The summed E-state index contributed by atoms with van der Waals surface area (Å²) in [5.41, 5.74) is 5.05. The molecule has 3 heteroatoms. The lowest BCUT2D eigenvalue weighted by atomic mass is 10.1. The first kappa shape index (κ1) is 17.3. The van der Waals surface area contributed by atoms with Gasteiger partial charge in [0.2, 0.25) is 0 Å². The molecule has 3 rings (SSSR count). The van der Waals surface area contributed by atoms with Gasteiger partial charge in [0.25, 0.3) is 0 Å². The fourth-order valence-electron chi connectivity index (χ4n) is 2.93. The average Bonchev–Trinajstić information content (AvgIpc) is 3.09. The van der Waals surface area contributed by atoms with Crippen LogP contribution in [0.2, 0.25) is 0 Å². The number of aryl methyl sites for hydroxylation is 1. The van der Waals surface area contributed by atoms with E-state index in [1.807, 2.05) is 16.9 Å². The molecule has 0 spiro atoms. The monoisotopic (exact) mass is 333 g/mol. The number of unbranched alkanes of at least 4 members (excludes halogenated alkanes) is 2. The molecule has 3 aromatic rings. The standard InChI is InChI=1S/C22H27N3/c1-2-3-5-8-19-11-13-22(14-12-19)23-15-21-16-24-25(18-21)17-20-9-6-4-7-10-20/h4,6-7,9-14,16,18,23H,2-3,5,8,15,17H2,1H3. The Kier molecular flexibility index (Phi) is 6.27. The molecule has 0 unspecified atom stereocenters. The fourth-order valence-corrected chi connectivity index (χ4v) is 2.93. The first-order valence-electron chi connectivity index (χ1n) is 9.21. The Morgan fingerprint density at radius 2 is 1.68 bits per heavy atom. The Labute approximate surface area is 150 Å². The highest BCUT2D eigenvalue weighted by molar-refractivity contribution is 5.45. The molecule has 2 aromatic carbocycles. The first-order valence-corrected chi connectivity index (χ1v) is 9.21. The Morgan fingerprint density at radius 1 is 0.880 bits per heavy atom. The molecule has 0 saturated heterocycles. The number of rotatable bonds is 9. The molecular weight excluding hydrogens is 306 g/mol. The van der Waals surface area contributed by atoms with Crippen LogP contribution in [0.1, 0.15) is 42.9 Å². The zero-order valence-electron chi connectivity index (χ0n) is 15.0. The van der Waals surface area contributed by atoms with Crippen LogP contribution in [-0.2, 0) is 19.5 Å². The van der Waals surface area contributed by atoms with Crippen molar-refractivity contribution in [3.05, 3.63) is 83.7 Å². The van der Waals surface area contributed by atoms with Gasteiger partial charge in [-0.15, -0.1) is 0 Å². The van der Waals surface area contributed by atoms with Gasteiger partial charge in [0.1, 0.15) is 0 Å². The van der Waals surface area contributed by atoms with Gasteiger partial charge in [-0.2, -0.15) is 5.10 Å². The minimum absolute atomic E-state index is 0.796. The van der Waals surface area contributed by atoms with Crippen molar-refractivity contribution in [2.45, 2.75) is 45.7 Å². The first-order chi connectivity index (χ1) is 12.3. The number of hydrogen-bond donors (Lipinski definition) is 1. The SMILES string of the molecule is CCCCCc1ccc(NCc2cnn(Cc3ccccc3)c2)cc1. The van der Waals surface area contributed by atoms with Crippen LogP contribution in [0, 0.1) is 0 Å². The lowest BCUT2D eigenvalue weighted by molar-refractivity contribution is 0.686. The Morgan fingerprint density at radius 3 is 2.44 bits per heavy atom. The minimum Gasteiger partial charge on any atom is -0.381 e. The van der Waals surface area contributed by atoms with Crippen LogP contribution in [0.25, 0.3) is 0 Å². The second-order valence-electron chi connectivity index (χ2n) is 6.54. The van der Waals surface area contributed by atoms with E-state index < -0.39 is 0 Å². The lowest BCUT2D eigenvalue weighted by Crippen LogP contribution is -2.00. The van der Waals surface area contributed by atoms with Gasteiger partial charge in [-0.1, -0.05) is 62.2 Å². The molecule has 0 bridgehead atoms.